The minimum absolute atomic E-state index is 0. The molecule has 0 unspecified atom stereocenters. The standard InChI is InChI=1S/C5H12N.3C2H6O.Ti/c1-4-5-6(2)3;3*1-2-3;/h1,4-5H2,2-3H3;3*3H,2H2,1H3;/q-1;;;;. The molecule has 0 radical (unpaired) electrons. The minimum Gasteiger partial charge on any atom is -0.397 e. The van der Waals surface area contributed by atoms with Gasteiger partial charge in [-0.15, -0.1) is 0 Å². The molecular weight excluding hydrogens is 242 g/mol. The van der Waals surface area contributed by atoms with E-state index in [4.69, 9.17) is 15.3 Å². The van der Waals surface area contributed by atoms with Crippen LogP contribution in [-0.4, -0.2) is 60.7 Å². The molecule has 3 N–H and O–H groups in total. The molecule has 0 aliphatic rings. The van der Waals surface area contributed by atoms with Crippen molar-refractivity contribution in [1.29, 1.82) is 0 Å². The van der Waals surface area contributed by atoms with E-state index in [-0.39, 0.29) is 41.5 Å². The summed E-state index contributed by atoms with van der Waals surface area (Å²) in [7, 11) is 4.09. The number of aliphatic hydroxyl groups is 3. The molecule has 0 aromatic carbocycles. The largest absolute Gasteiger partial charge is 0.397 e. The van der Waals surface area contributed by atoms with Gasteiger partial charge in [0.15, 0.2) is 0 Å². The van der Waals surface area contributed by atoms with Crippen molar-refractivity contribution < 1.29 is 37.0 Å². The Morgan fingerprint density at radius 2 is 1.06 bits per heavy atom. The van der Waals surface area contributed by atoms with E-state index >= 15 is 0 Å². The minimum atomic E-state index is 0. The van der Waals surface area contributed by atoms with Crippen LogP contribution in [0.2, 0.25) is 0 Å². The average molecular weight is 272 g/mol. The van der Waals surface area contributed by atoms with Gasteiger partial charge in [0.1, 0.15) is 0 Å². The zero-order chi connectivity index (χ0) is 13.1. The van der Waals surface area contributed by atoms with Crippen molar-refractivity contribution >= 4 is 0 Å². The van der Waals surface area contributed by atoms with Gasteiger partial charge < -0.3 is 27.1 Å². The Bertz CT molecular complexity index is 62.4. The Hall–Kier alpha value is 0.554. The average Bonchev–Trinajstić information content (AvgIpc) is 2.07. The topological polar surface area (TPSA) is 63.9 Å². The second-order valence-electron chi connectivity index (χ2n) is 2.61. The van der Waals surface area contributed by atoms with Crippen LogP contribution in [0.5, 0.6) is 0 Å². The Balaban J connectivity index is -0.0000000353. The zero-order valence-corrected chi connectivity index (χ0v) is 13.1. The fourth-order valence-electron chi connectivity index (χ4n) is 0.316. The van der Waals surface area contributed by atoms with Crippen LogP contribution < -0.4 is 0 Å². The molecule has 0 saturated heterocycles. The van der Waals surface area contributed by atoms with E-state index in [0.29, 0.717) is 0 Å². The Morgan fingerprint density at radius 1 is 0.875 bits per heavy atom. The number of hydrogen-bond donors (Lipinski definition) is 3. The van der Waals surface area contributed by atoms with Gasteiger partial charge in [-0.25, -0.2) is 0 Å². The first-order valence-electron chi connectivity index (χ1n) is 5.28. The predicted octanol–water partition coefficient (Wildman–Crippen LogP) is 0.765. The summed E-state index contributed by atoms with van der Waals surface area (Å²) < 4.78 is 0. The zero-order valence-electron chi connectivity index (χ0n) is 11.5. The number of nitrogens with zero attached hydrogens (tertiary/aromatic N) is 1. The van der Waals surface area contributed by atoms with Gasteiger partial charge in [-0.3, -0.25) is 0 Å². The molecule has 0 spiro atoms. The Morgan fingerprint density at radius 3 is 1.06 bits per heavy atom. The van der Waals surface area contributed by atoms with Gasteiger partial charge in [0.25, 0.3) is 0 Å². The molecule has 0 aromatic heterocycles. The van der Waals surface area contributed by atoms with Crippen molar-refractivity contribution in [3.8, 4) is 0 Å². The van der Waals surface area contributed by atoms with Gasteiger partial charge in [0, 0.05) is 41.5 Å². The molecule has 0 rings (SSSR count). The van der Waals surface area contributed by atoms with Crippen LogP contribution in [0.1, 0.15) is 27.2 Å². The van der Waals surface area contributed by atoms with Crippen molar-refractivity contribution in [2.24, 2.45) is 0 Å². The van der Waals surface area contributed by atoms with Crippen LogP contribution in [0.25, 0.3) is 0 Å². The van der Waals surface area contributed by atoms with Crippen molar-refractivity contribution in [2.75, 3.05) is 40.5 Å². The number of aliphatic hydroxyl groups excluding tert-OH is 3. The molecule has 0 aliphatic carbocycles. The molecule has 0 atom stereocenters. The van der Waals surface area contributed by atoms with Gasteiger partial charge in [0.2, 0.25) is 0 Å². The smallest absolute Gasteiger partial charge is 0.0402 e. The molecule has 0 amide bonds. The van der Waals surface area contributed by atoms with Crippen LogP contribution >= 0.6 is 0 Å². The maximum Gasteiger partial charge on any atom is 0.0402 e. The normalized spacial score (nSPS) is 7.12. The maximum absolute atomic E-state index is 7.57. The SMILES string of the molecule is CCO.CCO.CCO.[CH2-]CCN(C)C.[Ti]. The summed E-state index contributed by atoms with van der Waals surface area (Å²) in [5.41, 5.74) is 0. The third-order valence-electron chi connectivity index (χ3n) is 0.605. The summed E-state index contributed by atoms with van der Waals surface area (Å²) in [4.78, 5) is 2.12. The molecule has 5 heteroatoms. The van der Waals surface area contributed by atoms with Gasteiger partial charge in [0.05, 0.1) is 0 Å². The second-order valence-corrected chi connectivity index (χ2v) is 2.61. The van der Waals surface area contributed by atoms with Gasteiger partial charge in [-0.1, -0.05) is 0 Å². The summed E-state index contributed by atoms with van der Waals surface area (Å²) in [6, 6.07) is 0. The molecule has 0 bridgehead atoms. The monoisotopic (exact) mass is 272 g/mol. The summed E-state index contributed by atoms with van der Waals surface area (Å²) in [6.45, 7) is 10.6. The summed E-state index contributed by atoms with van der Waals surface area (Å²) in [5, 5.41) is 22.7. The third kappa shape index (κ3) is 212. The van der Waals surface area contributed by atoms with E-state index in [9.17, 15) is 0 Å². The Kier molecular flexibility index (Phi) is 84.4. The van der Waals surface area contributed by atoms with Gasteiger partial charge in [-0.05, 0) is 41.4 Å². The third-order valence-corrected chi connectivity index (χ3v) is 0.605. The fraction of sp³-hybridized carbons (Fsp3) is 0.909. The molecule has 102 valence electrons. The Labute approximate surface area is 117 Å². The van der Waals surface area contributed by atoms with E-state index in [1.165, 1.54) is 0 Å². The molecule has 0 saturated carbocycles. The quantitative estimate of drug-likeness (QED) is 0.513. The van der Waals surface area contributed by atoms with E-state index in [2.05, 4.69) is 11.8 Å². The van der Waals surface area contributed by atoms with Crippen molar-refractivity contribution in [1.82, 2.24) is 4.90 Å². The number of rotatable bonds is 2. The molecule has 16 heavy (non-hydrogen) atoms. The summed E-state index contributed by atoms with van der Waals surface area (Å²) in [5.74, 6) is 0. The predicted molar refractivity (Wildman–Crippen MR) is 66.8 cm³/mol. The maximum atomic E-state index is 7.57. The molecule has 0 aliphatic heterocycles. The first-order chi connectivity index (χ1) is 7.01. The van der Waals surface area contributed by atoms with E-state index < -0.39 is 0 Å². The van der Waals surface area contributed by atoms with E-state index in [1.54, 1.807) is 20.8 Å². The van der Waals surface area contributed by atoms with Crippen LogP contribution in [0.3, 0.4) is 0 Å². The van der Waals surface area contributed by atoms with Crippen molar-refractivity contribution in [2.45, 2.75) is 27.2 Å². The first kappa shape index (κ1) is 30.0. The van der Waals surface area contributed by atoms with E-state index in [1.807, 2.05) is 14.1 Å². The van der Waals surface area contributed by atoms with Crippen LogP contribution in [0.15, 0.2) is 0 Å². The second kappa shape index (κ2) is 45.0. The summed E-state index contributed by atoms with van der Waals surface area (Å²) >= 11 is 0. The first-order valence-corrected chi connectivity index (χ1v) is 5.28. The summed E-state index contributed by atoms with van der Waals surface area (Å²) in [6.07, 6.45) is 1.01. The van der Waals surface area contributed by atoms with Crippen molar-refractivity contribution in [3.05, 3.63) is 6.92 Å². The van der Waals surface area contributed by atoms with Gasteiger partial charge in [-0.2, -0.15) is 6.42 Å². The molecule has 0 fully saturated rings. The van der Waals surface area contributed by atoms with Crippen molar-refractivity contribution in [3.63, 3.8) is 0 Å². The van der Waals surface area contributed by atoms with Crippen LogP contribution in [0, 0.1) is 6.92 Å². The molecular formula is C11H30NO3Ti-. The van der Waals surface area contributed by atoms with E-state index in [0.717, 1.165) is 13.0 Å². The number of hydrogen-bond acceptors (Lipinski definition) is 4. The van der Waals surface area contributed by atoms with Crippen LogP contribution in [-0.2, 0) is 21.7 Å². The molecule has 0 heterocycles. The fourth-order valence-corrected chi connectivity index (χ4v) is 0.316. The molecule has 4 nitrogen and oxygen atoms in total. The molecule has 0 aromatic rings. The van der Waals surface area contributed by atoms with Crippen LogP contribution in [0.4, 0.5) is 0 Å². The van der Waals surface area contributed by atoms with Gasteiger partial charge >= 0.3 is 0 Å².